The van der Waals surface area contributed by atoms with Gasteiger partial charge in [0.1, 0.15) is 0 Å². The van der Waals surface area contributed by atoms with E-state index < -0.39 is 7.59 Å². The van der Waals surface area contributed by atoms with Crippen molar-refractivity contribution in [2.45, 2.75) is 103 Å². The fourth-order valence-electron chi connectivity index (χ4n) is 4.50. The highest BCUT2D eigenvalue weighted by Crippen LogP contribution is 2.62. The van der Waals surface area contributed by atoms with Gasteiger partial charge in [0, 0.05) is 9.04 Å². The highest BCUT2D eigenvalue weighted by Gasteiger charge is 2.60. The van der Waals surface area contributed by atoms with E-state index >= 15 is 0 Å². The molecule has 0 heterocycles. The Morgan fingerprint density at radius 3 is 0.778 bits per heavy atom. The van der Waals surface area contributed by atoms with Crippen molar-refractivity contribution in [3.63, 3.8) is 0 Å². The van der Waals surface area contributed by atoms with E-state index in [-0.39, 0.29) is 0 Å². The molecule has 0 nitrogen and oxygen atoms in total. The Morgan fingerprint density at radius 2 is 0.722 bits per heavy atom. The minimum absolute atomic E-state index is 0.440. The molecule has 0 aromatic heterocycles. The van der Waals surface area contributed by atoms with E-state index in [9.17, 15) is 0 Å². The lowest BCUT2D eigenvalue weighted by Crippen LogP contribution is -2.64. The van der Waals surface area contributed by atoms with E-state index in [1.54, 1.807) is 0 Å². The Hall–Kier alpha value is 0.434. The maximum absolute atomic E-state index is 2.49. The molecule has 0 unspecified atom stereocenters. The Bertz CT molecular complexity index is 240. The van der Waals surface area contributed by atoms with E-state index in [1.165, 1.54) is 0 Å². The minimum atomic E-state index is -1.51. The van der Waals surface area contributed by atoms with Crippen molar-refractivity contribution in [2.75, 3.05) is 0 Å². The summed E-state index contributed by atoms with van der Waals surface area (Å²) in [6, 6.07) is 0. The molecule has 0 aliphatic carbocycles. The second-order valence-corrected chi connectivity index (χ2v) is 20.6. The molecular formula is C16H36Si2. The van der Waals surface area contributed by atoms with Gasteiger partial charge in [-0.15, -0.1) is 0 Å². The molecule has 0 rings (SSSR count). The summed E-state index contributed by atoms with van der Waals surface area (Å²) in [6.45, 7) is 29.7. The van der Waals surface area contributed by atoms with Gasteiger partial charge in [0.2, 0.25) is 0 Å². The van der Waals surface area contributed by atoms with Gasteiger partial charge < -0.3 is 0 Å². The predicted octanol–water partition coefficient (Wildman–Crippen LogP) is 6.25. The van der Waals surface area contributed by atoms with Crippen molar-refractivity contribution in [3.8, 4) is 0 Å². The van der Waals surface area contributed by atoms with Gasteiger partial charge in [0.25, 0.3) is 0 Å². The second-order valence-electron chi connectivity index (χ2n) is 9.88. The molecule has 108 valence electrons. The quantitative estimate of drug-likeness (QED) is 0.499. The van der Waals surface area contributed by atoms with Gasteiger partial charge in [-0.3, -0.25) is 0 Å². The van der Waals surface area contributed by atoms with Crippen LogP contribution in [0, 0.1) is 0 Å². The summed E-state index contributed by atoms with van der Waals surface area (Å²) < 4.78 is 0. The third kappa shape index (κ3) is 3.50. The van der Waals surface area contributed by atoms with Crippen molar-refractivity contribution in [1.29, 1.82) is 0 Å². The lowest BCUT2D eigenvalue weighted by atomic mass is 10.2. The lowest BCUT2D eigenvalue weighted by molar-refractivity contribution is 0.551. The Labute approximate surface area is 120 Å². The molecule has 0 spiro atoms. The zero-order chi connectivity index (χ0) is 15.2. The number of hydrogen-bond acceptors (Lipinski definition) is 0. The molecule has 0 fully saturated rings. The molecule has 18 heavy (non-hydrogen) atoms. The fraction of sp³-hybridized carbons (Fsp3) is 1.00. The number of hydrogen-bond donors (Lipinski definition) is 0. The van der Waals surface area contributed by atoms with Crippen LogP contribution in [-0.2, 0) is 0 Å². The van der Waals surface area contributed by atoms with Crippen LogP contribution in [0.1, 0.15) is 83.1 Å². The van der Waals surface area contributed by atoms with E-state index in [0.717, 1.165) is 9.04 Å². The van der Waals surface area contributed by atoms with E-state index in [2.05, 4.69) is 83.1 Å². The highest BCUT2D eigenvalue weighted by atomic mass is 29.2. The van der Waals surface area contributed by atoms with Crippen LogP contribution in [0.5, 0.6) is 0 Å². The summed E-state index contributed by atoms with van der Waals surface area (Å²) in [6.07, 6.45) is 0. The maximum atomic E-state index is 2.49. The molecule has 0 aromatic rings. The molecule has 0 amide bonds. The van der Waals surface area contributed by atoms with Crippen molar-refractivity contribution in [2.24, 2.45) is 0 Å². The first-order valence-corrected chi connectivity index (χ1v) is 11.2. The molecule has 0 N–H and O–H groups in total. The zero-order valence-electron chi connectivity index (χ0n) is 15.0. The fourth-order valence-corrected chi connectivity index (χ4v) is 20.2. The van der Waals surface area contributed by atoms with Crippen LogP contribution in [0.15, 0.2) is 0 Å². The van der Waals surface area contributed by atoms with Crippen molar-refractivity contribution in [1.82, 2.24) is 0 Å². The summed E-state index contributed by atoms with van der Waals surface area (Å²) in [5.41, 5.74) is 0. The third-order valence-corrected chi connectivity index (χ3v) is 21.9. The van der Waals surface area contributed by atoms with Crippen LogP contribution < -0.4 is 0 Å². The van der Waals surface area contributed by atoms with Crippen LogP contribution in [0.2, 0.25) is 20.2 Å². The third-order valence-electron chi connectivity index (χ3n) is 3.94. The van der Waals surface area contributed by atoms with E-state index in [4.69, 9.17) is 0 Å². The Kier molecular flexibility index (Phi) is 4.88. The lowest BCUT2D eigenvalue weighted by Gasteiger charge is -2.61. The van der Waals surface area contributed by atoms with Crippen LogP contribution >= 0.6 is 0 Å². The summed E-state index contributed by atoms with van der Waals surface area (Å²) in [5.74, 6) is 0. The number of rotatable bonds is 1. The van der Waals surface area contributed by atoms with Crippen molar-refractivity contribution >= 4 is 16.6 Å². The molecule has 0 aliphatic heterocycles. The van der Waals surface area contributed by atoms with Crippen LogP contribution in [0.25, 0.3) is 0 Å². The molecule has 0 aromatic carbocycles. The summed E-state index contributed by atoms with van der Waals surface area (Å²) >= 11 is 0. The van der Waals surface area contributed by atoms with Gasteiger partial charge >= 0.3 is 0 Å². The standard InChI is InChI=1S/C16H36Si2/c1-13(2,3)17-18(14(4,5)6,15(7,8)9)16(10,11)12/h1-12H3. The first-order valence-electron chi connectivity index (χ1n) is 7.25. The predicted molar refractivity (Wildman–Crippen MR) is 90.4 cm³/mol. The van der Waals surface area contributed by atoms with Gasteiger partial charge in [0.15, 0.2) is 0 Å². The smallest absolute Gasteiger partial charge is 0.0583 e. The van der Waals surface area contributed by atoms with Crippen molar-refractivity contribution in [3.05, 3.63) is 0 Å². The molecule has 2 radical (unpaired) electrons. The van der Waals surface area contributed by atoms with Gasteiger partial charge in [0.05, 0.1) is 7.59 Å². The van der Waals surface area contributed by atoms with E-state index in [0.29, 0.717) is 20.2 Å². The molecule has 0 atom stereocenters. The molecular weight excluding hydrogens is 248 g/mol. The first-order chi connectivity index (χ1) is 7.46. The molecule has 2 heteroatoms. The highest BCUT2D eigenvalue weighted by molar-refractivity contribution is 7.29. The molecule has 0 bridgehead atoms. The second kappa shape index (κ2) is 4.77. The average molecular weight is 285 g/mol. The Morgan fingerprint density at radius 1 is 0.500 bits per heavy atom. The normalized spacial score (nSPS) is 16.0. The topological polar surface area (TPSA) is 0 Å². The van der Waals surface area contributed by atoms with Gasteiger partial charge in [-0.05, 0) is 20.2 Å². The minimum Gasteiger partial charge on any atom is -0.0633 e. The zero-order valence-corrected chi connectivity index (χ0v) is 17.0. The van der Waals surface area contributed by atoms with Crippen LogP contribution in [0.4, 0.5) is 0 Å². The largest absolute Gasteiger partial charge is 0.0633 e. The molecule has 0 saturated carbocycles. The van der Waals surface area contributed by atoms with Gasteiger partial charge in [-0.25, -0.2) is 0 Å². The van der Waals surface area contributed by atoms with E-state index in [1.807, 2.05) is 0 Å². The summed E-state index contributed by atoms with van der Waals surface area (Å²) in [7, 11) is -0.412. The SMILES string of the molecule is CC(C)(C)[Si][Si](C(C)(C)C)(C(C)(C)C)C(C)(C)C. The molecule has 0 aliphatic rings. The van der Waals surface area contributed by atoms with Crippen LogP contribution in [-0.4, -0.2) is 16.6 Å². The maximum Gasteiger partial charge on any atom is 0.0583 e. The van der Waals surface area contributed by atoms with Gasteiger partial charge in [-0.1, -0.05) is 83.1 Å². The Balaban J connectivity index is 6.10. The van der Waals surface area contributed by atoms with Gasteiger partial charge in [-0.2, -0.15) is 0 Å². The summed E-state index contributed by atoms with van der Waals surface area (Å²) in [4.78, 5) is 0. The average Bonchev–Trinajstić information content (AvgIpc) is 1.90. The van der Waals surface area contributed by atoms with Crippen molar-refractivity contribution < 1.29 is 0 Å². The van der Waals surface area contributed by atoms with Crippen LogP contribution in [0.3, 0.4) is 0 Å². The molecule has 0 saturated heterocycles. The summed E-state index contributed by atoms with van der Waals surface area (Å²) in [5, 5.41) is 1.76. The monoisotopic (exact) mass is 284 g/mol. The first kappa shape index (κ1) is 18.4.